The highest BCUT2D eigenvalue weighted by atomic mass is 16.6. The Morgan fingerprint density at radius 2 is 2.00 bits per heavy atom. The lowest BCUT2D eigenvalue weighted by molar-refractivity contribution is -0.383. The van der Waals surface area contributed by atoms with Crippen LogP contribution in [0.5, 0.6) is 5.75 Å². The van der Waals surface area contributed by atoms with Crippen molar-refractivity contribution in [2.45, 2.75) is 0 Å². The van der Waals surface area contributed by atoms with Gasteiger partial charge in [0, 0.05) is 11.5 Å². The van der Waals surface area contributed by atoms with Gasteiger partial charge in [-0.15, -0.1) is 0 Å². The zero-order valence-corrected chi connectivity index (χ0v) is 9.01. The maximum Gasteiger partial charge on any atom is 0.278 e. The molecular formula is C12H8N2O3. The predicted molar refractivity (Wildman–Crippen MR) is 61.9 cm³/mol. The van der Waals surface area contributed by atoms with E-state index in [1.54, 1.807) is 24.3 Å². The van der Waals surface area contributed by atoms with Crippen LogP contribution in [-0.2, 0) is 0 Å². The van der Waals surface area contributed by atoms with Crippen molar-refractivity contribution in [3.8, 4) is 11.8 Å². The molecule has 0 aliphatic carbocycles. The normalized spacial score (nSPS) is 9.88. The quantitative estimate of drug-likeness (QED) is 0.584. The molecule has 0 aliphatic rings. The van der Waals surface area contributed by atoms with Crippen LogP contribution in [0.3, 0.4) is 0 Å². The SMILES string of the molecule is COc1c(C#N)cc([N+](=O)[O-])c2ccccc12. The number of fused-ring (bicyclic) bond motifs is 1. The van der Waals surface area contributed by atoms with Crippen LogP contribution in [0.25, 0.3) is 10.8 Å². The first kappa shape index (κ1) is 10.9. The minimum absolute atomic E-state index is 0.0852. The summed E-state index contributed by atoms with van der Waals surface area (Å²) in [5.74, 6) is 0.369. The molecule has 17 heavy (non-hydrogen) atoms. The summed E-state index contributed by atoms with van der Waals surface area (Å²) in [4.78, 5) is 10.4. The predicted octanol–water partition coefficient (Wildman–Crippen LogP) is 2.63. The third-order valence-corrected chi connectivity index (χ3v) is 2.49. The molecule has 0 radical (unpaired) electrons. The minimum atomic E-state index is -0.497. The number of ether oxygens (including phenoxy) is 1. The Hall–Kier alpha value is -2.61. The third-order valence-electron chi connectivity index (χ3n) is 2.49. The smallest absolute Gasteiger partial charge is 0.278 e. The van der Waals surface area contributed by atoms with Crippen LogP contribution >= 0.6 is 0 Å². The van der Waals surface area contributed by atoms with E-state index in [0.717, 1.165) is 0 Å². The van der Waals surface area contributed by atoms with Crippen molar-refractivity contribution in [3.63, 3.8) is 0 Å². The summed E-state index contributed by atoms with van der Waals surface area (Å²) in [6.45, 7) is 0. The topological polar surface area (TPSA) is 76.2 Å². The van der Waals surface area contributed by atoms with E-state index in [1.165, 1.54) is 13.2 Å². The molecule has 0 unspecified atom stereocenters. The Morgan fingerprint density at radius 1 is 1.35 bits per heavy atom. The fourth-order valence-corrected chi connectivity index (χ4v) is 1.78. The first-order valence-corrected chi connectivity index (χ1v) is 4.83. The molecule has 0 aromatic heterocycles. The molecule has 0 spiro atoms. The van der Waals surface area contributed by atoms with Gasteiger partial charge < -0.3 is 4.74 Å². The van der Waals surface area contributed by atoms with Gasteiger partial charge in [-0.1, -0.05) is 18.2 Å². The summed E-state index contributed by atoms with van der Waals surface area (Å²) >= 11 is 0. The number of rotatable bonds is 2. The van der Waals surface area contributed by atoms with E-state index in [9.17, 15) is 10.1 Å². The monoisotopic (exact) mass is 228 g/mol. The number of nitrogens with zero attached hydrogens (tertiary/aromatic N) is 2. The molecule has 2 rings (SSSR count). The third kappa shape index (κ3) is 1.66. The Kier molecular flexibility index (Phi) is 2.63. The van der Waals surface area contributed by atoms with E-state index in [-0.39, 0.29) is 11.3 Å². The first-order chi connectivity index (χ1) is 8.19. The molecule has 0 heterocycles. The highest BCUT2D eigenvalue weighted by Crippen LogP contribution is 2.35. The van der Waals surface area contributed by atoms with Gasteiger partial charge in [-0.25, -0.2) is 0 Å². The molecule has 84 valence electrons. The molecule has 2 aromatic carbocycles. The van der Waals surface area contributed by atoms with Crippen molar-refractivity contribution < 1.29 is 9.66 Å². The molecule has 0 amide bonds. The fourth-order valence-electron chi connectivity index (χ4n) is 1.78. The Labute approximate surface area is 97.0 Å². The summed E-state index contributed by atoms with van der Waals surface area (Å²) in [6, 6.07) is 9.93. The van der Waals surface area contributed by atoms with E-state index < -0.39 is 4.92 Å². The maximum atomic E-state index is 10.9. The summed E-state index contributed by atoms with van der Waals surface area (Å²) in [6.07, 6.45) is 0. The summed E-state index contributed by atoms with van der Waals surface area (Å²) in [7, 11) is 1.44. The van der Waals surface area contributed by atoms with Gasteiger partial charge in [-0.2, -0.15) is 5.26 Å². The second kappa shape index (κ2) is 4.10. The standard InChI is InChI=1S/C12H8N2O3/c1-17-12-8(7-13)6-11(14(15)16)9-4-2-3-5-10(9)12/h2-6H,1H3. The number of methoxy groups -OCH3 is 1. The van der Waals surface area contributed by atoms with Gasteiger partial charge >= 0.3 is 0 Å². The number of benzene rings is 2. The lowest BCUT2D eigenvalue weighted by Crippen LogP contribution is -1.95. The molecule has 0 saturated carbocycles. The van der Waals surface area contributed by atoms with Gasteiger partial charge in [0.2, 0.25) is 0 Å². The maximum absolute atomic E-state index is 10.9. The summed E-state index contributed by atoms with van der Waals surface area (Å²) in [5, 5.41) is 20.9. The lowest BCUT2D eigenvalue weighted by Gasteiger charge is -2.07. The average Bonchev–Trinajstić information content (AvgIpc) is 2.36. The molecule has 0 atom stereocenters. The summed E-state index contributed by atoms with van der Waals surface area (Å²) in [5.41, 5.74) is 0.0795. The number of nitriles is 1. The molecule has 2 aromatic rings. The first-order valence-electron chi connectivity index (χ1n) is 4.83. The number of hydrogen-bond donors (Lipinski definition) is 0. The van der Waals surface area contributed by atoms with Crippen LogP contribution in [0.2, 0.25) is 0 Å². The van der Waals surface area contributed by atoms with Gasteiger partial charge in [0.15, 0.2) is 0 Å². The van der Waals surface area contributed by atoms with Crippen LogP contribution < -0.4 is 4.74 Å². The number of hydrogen-bond acceptors (Lipinski definition) is 4. The number of nitro groups is 1. The molecule has 0 bridgehead atoms. The van der Waals surface area contributed by atoms with Gasteiger partial charge in [-0.3, -0.25) is 10.1 Å². The van der Waals surface area contributed by atoms with Crippen molar-refractivity contribution in [1.82, 2.24) is 0 Å². The van der Waals surface area contributed by atoms with Gasteiger partial charge in [0.05, 0.1) is 17.4 Å². The Morgan fingerprint density at radius 3 is 2.53 bits per heavy atom. The second-order valence-electron chi connectivity index (χ2n) is 3.39. The van der Waals surface area contributed by atoms with Crippen molar-refractivity contribution >= 4 is 16.5 Å². The zero-order valence-electron chi connectivity index (χ0n) is 9.01. The fraction of sp³-hybridized carbons (Fsp3) is 0.0833. The minimum Gasteiger partial charge on any atom is -0.495 e. The molecular weight excluding hydrogens is 220 g/mol. The van der Waals surface area contributed by atoms with Gasteiger partial charge in [0.1, 0.15) is 17.4 Å². The van der Waals surface area contributed by atoms with E-state index in [1.807, 2.05) is 6.07 Å². The Balaban J connectivity index is 2.96. The summed E-state index contributed by atoms with van der Waals surface area (Å²) < 4.78 is 5.14. The van der Waals surface area contributed by atoms with Crippen LogP contribution in [-0.4, -0.2) is 12.0 Å². The molecule has 0 aliphatic heterocycles. The largest absolute Gasteiger partial charge is 0.495 e. The van der Waals surface area contributed by atoms with E-state index in [2.05, 4.69) is 0 Å². The number of non-ortho nitro benzene ring substituents is 1. The van der Waals surface area contributed by atoms with Crippen LogP contribution in [0.1, 0.15) is 5.56 Å². The Bertz CT molecular complexity index is 644. The van der Waals surface area contributed by atoms with E-state index >= 15 is 0 Å². The molecule has 0 N–H and O–H groups in total. The van der Waals surface area contributed by atoms with E-state index in [4.69, 9.17) is 10.00 Å². The van der Waals surface area contributed by atoms with Crippen LogP contribution in [0.15, 0.2) is 30.3 Å². The van der Waals surface area contributed by atoms with Gasteiger partial charge in [0.25, 0.3) is 5.69 Å². The van der Waals surface area contributed by atoms with Crippen molar-refractivity contribution in [3.05, 3.63) is 46.0 Å². The van der Waals surface area contributed by atoms with E-state index in [0.29, 0.717) is 16.5 Å². The second-order valence-corrected chi connectivity index (χ2v) is 3.39. The van der Waals surface area contributed by atoms with Crippen LogP contribution in [0, 0.1) is 21.4 Å². The molecule has 0 fully saturated rings. The lowest BCUT2D eigenvalue weighted by atomic mass is 10.0. The molecule has 5 nitrogen and oxygen atoms in total. The van der Waals surface area contributed by atoms with Gasteiger partial charge in [-0.05, 0) is 6.07 Å². The zero-order chi connectivity index (χ0) is 12.4. The molecule has 5 heteroatoms. The van der Waals surface area contributed by atoms with Crippen molar-refractivity contribution in [1.29, 1.82) is 5.26 Å². The van der Waals surface area contributed by atoms with Crippen molar-refractivity contribution in [2.75, 3.05) is 7.11 Å². The highest BCUT2D eigenvalue weighted by molar-refractivity contribution is 5.97. The molecule has 0 saturated heterocycles. The number of nitro benzene ring substituents is 1. The van der Waals surface area contributed by atoms with Crippen LogP contribution in [0.4, 0.5) is 5.69 Å². The average molecular weight is 228 g/mol. The highest BCUT2D eigenvalue weighted by Gasteiger charge is 2.18. The van der Waals surface area contributed by atoms with Crippen molar-refractivity contribution in [2.24, 2.45) is 0 Å².